The predicted octanol–water partition coefficient (Wildman–Crippen LogP) is 3.50. The Kier molecular flexibility index (Phi) is 15.4. The number of nitrogens with zero attached hydrogens (tertiary/aromatic N) is 4. The van der Waals surface area contributed by atoms with Crippen LogP contribution in [0.4, 0.5) is 4.79 Å². The molecule has 1 fully saturated rings. The molecule has 1 saturated heterocycles. The number of hydrogen-bond donors (Lipinski definition) is 3. The maximum atomic E-state index is 13.9. The first-order chi connectivity index (χ1) is 24.9. The summed E-state index contributed by atoms with van der Waals surface area (Å²) in [6.07, 6.45) is 0.217. The van der Waals surface area contributed by atoms with Gasteiger partial charge in [-0.15, -0.1) is 11.3 Å². The van der Waals surface area contributed by atoms with E-state index in [-0.39, 0.29) is 68.6 Å². The fourth-order valence-corrected chi connectivity index (χ4v) is 6.49. The summed E-state index contributed by atoms with van der Waals surface area (Å²) < 4.78 is 21.8. The first-order valence-corrected chi connectivity index (χ1v) is 18.4. The molecule has 0 saturated carbocycles. The second kappa shape index (κ2) is 19.9. The molecule has 3 heterocycles. The molecule has 16 heteroatoms. The number of likely N-dealkylation sites (tertiary alicyclic amines) is 1. The van der Waals surface area contributed by atoms with Crippen LogP contribution in [0.15, 0.2) is 40.4 Å². The summed E-state index contributed by atoms with van der Waals surface area (Å²) >= 11 is 1.58. The summed E-state index contributed by atoms with van der Waals surface area (Å²) in [7, 11) is 3.28. The van der Waals surface area contributed by atoms with Crippen LogP contribution in [0, 0.1) is 12.8 Å². The predicted molar refractivity (Wildman–Crippen MR) is 193 cm³/mol. The zero-order chi connectivity index (χ0) is 37.6. The molecule has 1 aromatic carbocycles. The summed E-state index contributed by atoms with van der Waals surface area (Å²) in [5, 5.41) is 20.0. The Balaban J connectivity index is 1.18. The Morgan fingerprint density at radius 2 is 1.83 bits per heavy atom. The molecule has 2 aromatic heterocycles. The van der Waals surface area contributed by atoms with Gasteiger partial charge in [0.05, 0.1) is 41.8 Å². The van der Waals surface area contributed by atoms with Crippen LogP contribution >= 0.6 is 11.3 Å². The molecule has 3 aromatic rings. The van der Waals surface area contributed by atoms with E-state index in [9.17, 15) is 24.3 Å². The Bertz CT molecular complexity index is 1610. The van der Waals surface area contributed by atoms with E-state index in [4.69, 9.17) is 18.7 Å². The largest absolute Gasteiger partial charge is 0.476 e. The molecule has 15 nitrogen and oxygen atoms in total. The molecule has 0 spiro atoms. The molecule has 0 bridgehead atoms. The number of thiazole rings is 1. The molecule has 4 rings (SSSR count). The average molecular weight is 743 g/mol. The smallest absolute Gasteiger partial charge is 0.407 e. The van der Waals surface area contributed by atoms with Crippen molar-refractivity contribution in [1.82, 2.24) is 30.6 Å². The van der Waals surface area contributed by atoms with Crippen LogP contribution in [0.5, 0.6) is 5.88 Å². The van der Waals surface area contributed by atoms with E-state index in [1.165, 1.54) is 9.80 Å². The number of ether oxygens (including phenoxy) is 3. The van der Waals surface area contributed by atoms with Gasteiger partial charge in [-0.2, -0.15) is 0 Å². The quantitative estimate of drug-likeness (QED) is 0.153. The Morgan fingerprint density at radius 3 is 2.52 bits per heavy atom. The van der Waals surface area contributed by atoms with E-state index in [0.717, 1.165) is 21.7 Å². The third-order valence-electron chi connectivity index (χ3n) is 8.54. The summed E-state index contributed by atoms with van der Waals surface area (Å²) in [6.45, 7) is 7.48. The number of amides is 4. The maximum absolute atomic E-state index is 13.9. The highest BCUT2D eigenvalue weighted by atomic mass is 32.1. The van der Waals surface area contributed by atoms with Gasteiger partial charge < -0.3 is 44.3 Å². The maximum Gasteiger partial charge on any atom is 0.407 e. The van der Waals surface area contributed by atoms with Gasteiger partial charge in [0.2, 0.25) is 17.7 Å². The standard InChI is InChI=1S/C36H50N6O9S/c1-23(2)32(29-19-30(40-51-29)49-15-7-6-14-48-17-13-37-36(47)50-16-12-31(44)41(4)5)35(46)42-21-27(43)18-28(42)34(45)38-20-25-8-10-26(11-9-25)33-24(3)39-22-52-33/h8-11,19,22-23,27-28,32,43H,6-7,12-18,20-21H2,1-5H3,(H,37,47)(H,38,45)/t27-,28+,32?/m1/s1. The Hall–Kier alpha value is -4.54. The molecule has 1 unspecified atom stereocenters. The number of benzene rings is 1. The van der Waals surface area contributed by atoms with Crippen molar-refractivity contribution in [2.45, 2.75) is 71.1 Å². The lowest BCUT2D eigenvalue weighted by atomic mass is 9.91. The molecule has 284 valence electrons. The molecule has 3 N–H and O–H groups in total. The lowest BCUT2D eigenvalue weighted by Gasteiger charge is -2.28. The fraction of sp³-hybridized carbons (Fsp3) is 0.556. The van der Waals surface area contributed by atoms with Crippen molar-refractivity contribution in [1.29, 1.82) is 0 Å². The first kappa shape index (κ1) is 40.2. The number of carbonyl (C=O) groups excluding carboxylic acids is 4. The molecule has 0 radical (unpaired) electrons. The van der Waals surface area contributed by atoms with Gasteiger partial charge in [-0.25, -0.2) is 9.78 Å². The summed E-state index contributed by atoms with van der Waals surface area (Å²) in [5.41, 5.74) is 4.76. The second-order valence-corrected chi connectivity index (χ2v) is 14.0. The van der Waals surface area contributed by atoms with Gasteiger partial charge in [-0.3, -0.25) is 14.4 Å². The van der Waals surface area contributed by atoms with Crippen LogP contribution in [0.3, 0.4) is 0 Å². The number of β-amino-alcohol motifs (C(OH)–C–C–N with tert-alkyl or cyclic N) is 1. The lowest BCUT2D eigenvalue weighted by Crippen LogP contribution is -2.48. The van der Waals surface area contributed by atoms with Crippen LogP contribution < -0.4 is 15.4 Å². The molecule has 1 aliphatic rings. The zero-order valence-electron chi connectivity index (χ0n) is 30.5. The van der Waals surface area contributed by atoms with Crippen LogP contribution in [-0.4, -0.2) is 115 Å². The van der Waals surface area contributed by atoms with Gasteiger partial charge in [-0.1, -0.05) is 38.1 Å². The number of rotatable bonds is 19. The number of aliphatic hydroxyl groups excluding tert-OH is 1. The molecule has 52 heavy (non-hydrogen) atoms. The van der Waals surface area contributed by atoms with E-state index in [2.05, 4.69) is 20.8 Å². The van der Waals surface area contributed by atoms with Crippen LogP contribution in [-0.2, 0) is 30.4 Å². The molecular formula is C36H50N6O9S. The number of carbonyl (C=O) groups is 4. The van der Waals surface area contributed by atoms with Gasteiger partial charge >= 0.3 is 6.09 Å². The number of aliphatic hydroxyl groups is 1. The number of nitrogens with one attached hydrogen (secondary N) is 2. The minimum Gasteiger partial charge on any atom is -0.476 e. The molecule has 3 atom stereocenters. The Labute approximate surface area is 308 Å². The highest BCUT2D eigenvalue weighted by molar-refractivity contribution is 7.13. The fourth-order valence-electron chi connectivity index (χ4n) is 5.68. The summed E-state index contributed by atoms with van der Waals surface area (Å²) in [4.78, 5) is 58.7. The van der Waals surface area contributed by atoms with Crippen molar-refractivity contribution < 1.29 is 43.0 Å². The SMILES string of the molecule is Cc1ncsc1-c1ccc(CNC(=O)[C@@H]2C[C@@H](O)CN2C(=O)C(c2cc(OCCCCOCCNC(=O)OCCC(=O)N(C)C)no2)C(C)C)cc1. The van der Waals surface area contributed by atoms with Crippen LogP contribution in [0.25, 0.3) is 10.4 Å². The third-order valence-corrected chi connectivity index (χ3v) is 9.51. The van der Waals surface area contributed by atoms with E-state index in [0.29, 0.717) is 38.4 Å². The number of aromatic nitrogens is 2. The van der Waals surface area contributed by atoms with E-state index in [1.54, 1.807) is 31.5 Å². The number of aryl methyl sites for hydroxylation is 1. The summed E-state index contributed by atoms with van der Waals surface area (Å²) in [5.74, 6) is -1.11. The van der Waals surface area contributed by atoms with E-state index < -0.39 is 24.2 Å². The van der Waals surface area contributed by atoms with Gasteiger partial charge in [0.1, 0.15) is 18.6 Å². The van der Waals surface area contributed by atoms with Crippen molar-refractivity contribution in [3.05, 3.63) is 52.9 Å². The highest BCUT2D eigenvalue weighted by Gasteiger charge is 2.43. The van der Waals surface area contributed by atoms with Crippen LogP contribution in [0.1, 0.15) is 62.5 Å². The second-order valence-electron chi connectivity index (χ2n) is 13.1. The third kappa shape index (κ3) is 11.7. The highest BCUT2D eigenvalue weighted by Crippen LogP contribution is 2.32. The number of unbranched alkanes of at least 4 members (excludes halogenated alkanes) is 1. The van der Waals surface area contributed by atoms with Crippen molar-refractivity contribution in [3.8, 4) is 16.3 Å². The van der Waals surface area contributed by atoms with Crippen molar-refractivity contribution in [2.24, 2.45) is 5.92 Å². The van der Waals surface area contributed by atoms with Crippen LogP contribution in [0.2, 0.25) is 0 Å². The number of hydrogen-bond acceptors (Lipinski definition) is 12. The Morgan fingerprint density at radius 1 is 1.08 bits per heavy atom. The zero-order valence-corrected chi connectivity index (χ0v) is 31.3. The number of alkyl carbamates (subject to hydrolysis) is 1. The van der Waals surface area contributed by atoms with Gasteiger partial charge in [0.15, 0.2) is 5.76 Å². The normalized spacial score (nSPS) is 16.1. The minimum absolute atomic E-state index is 0.0130. The van der Waals surface area contributed by atoms with Gasteiger partial charge in [0, 0.05) is 52.8 Å². The molecular weight excluding hydrogens is 692 g/mol. The minimum atomic E-state index is -0.823. The van der Waals surface area contributed by atoms with Crippen molar-refractivity contribution in [2.75, 3.05) is 53.6 Å². The molecule has 0 aliphatic carbocycles. The van der Waals surface area contributed by atoms with E-state index in [1.807, 2.05) is 50.5 Å². The lowest BCUT2D eigenvalue weighted by molar-refractivity contribution is -0.141. The van der Waals surface area contributed by atoms with Crippen molar-refractivity contribution >= 4 is 35.2 Å². The molecule has 4 amide bonds. The monoisotopic (exact) mass is 742 g/mol. The molecule has 1 aliphatic heterocycles. The van der Waals surface area contributed by atoms with Gasteiger partial charge in [0.25, 0.3) is 5.88 Å². The topological polar surface area (TPSA) is 186 Å². The van der Waals surface area contributed by atoms with Crippen molar-refractivity contribution in [3.63, 3.8) is 0 Å². The summed E-state index contributed by atoms with van der Waals surface area (Å²) in [6, 6.07) is 8.68. The van der Waals surface area contributed by atoms with E-state index >= 15 is 0 Å². The average Bonchev–Trinajstić information content (AvgIpc) is 3.86. The van der Waals surface area contributed by atoms with Gasteiger partial charge in [-0.05, 0) is 42.0 Å². The first-order valence-electron chi connectivity index (χ1n) is 17.5.